The Kier molecular flexibility index (Phi) is 7.64. The lowest BCUT2D eigenvalue weighted by atomic mass is 9.93. The van der Waals surface area contributed by atoms with Crippen LogP contribution in [0, 0.1) is 0 Å². The van der Waals surface area contributed by atoms with Gasteiger partial charge in [-0.25, -0.2) is 12.8 Å². The molecule has 0 heterocycles. The third-order valence-corrected chi connectivity index (χ3v) is 8.40. The molecule has 36 heavy (non-hydrogen) atoms. The van der Waals surface area contributed by atoms with Gasteiger partial charge in [0, 0.05) is 0 Å². The van der Waals surface area contributed by atoms with Gasteiger partial charge in [-0.1, -0.05) is 54.6 Å². The topological polar surface area (TPSA) is 57.2 Å². The number of halogens is 7. The second kappa shape index (κ2) is 9.91. The molecule has 0 aromatic heterocycles. The molecule has 1 aliphatic rings. The lowest BCUT2D eigenvalue weighted by Crippen LogP contribution is -2.67. The quantitative estimate of drug-likeness (QED) is 0.162. The van der Waals surface area contributed by atoms with Gasteiger partial charge in [-0.05, 0) is 48.6 Å². The Morgan fingerprint density at radius 2 is 0.889 bits per heavy atom. The summed E-state index contributed by atoms with van der Waals surface area (Å²) in [6.07, 6.45) is -2.13. The summed E-state index contributed by atoms with van der Waals surface area (Å²) in [6, 6.07) is 32.2. The van der Waals surface area contributed by atoms with Crippen molar-refractivity contribution in [1.29, 1.82) is 0 Å². The van der Waals surface area contributed by atoms with E-state index in [1.807, 2.05) is 0 Å². The fraction of sp³-hybridized carbons (Fsp3) is 0.167. The Labute approximate surface area is 205 Å². The minimum atomic E-state index is -6.62. The summed E-state index contributed by atoms with van der Waals surface area (Å²) in [6.45, 7) is 0. The molecular formula is C24H17F7O3S2. The highest BCUT2D eigenvalue weighted by Gasteiger charge is 2.82. The van der Waals surface area contributed by atoms with Crippen LogP contribution in [-0.2, 0) is 21.0 Å². The van der Waals surface area contributed by atoms with Crippen molar-refractivity contribution in [1.82, 2.24) is 0 Å². The van der Waals surface area contributed by atoms with Crippen LogP contribution in [0.1, 0.15) is 0 Å². The fourth-order valence-electron chi connectivity index (χ4n) is 3.16. The van der Waals surface area contributed by atoms with Gasteiger partial charge in [0.15, 0.2) is 14.7 Å². The molecule has 0 spiro atoms. The first-order valence-corrected chi connectivity index (χ1v) is 12.7. The molecule has 192 valence electrons. The first-order valence-electron chi connectivity index (χ1n) is 10.0. The summed E-state index contributed by atoms with van der Waals surface area (Å²) in [5.41, 5.74) is 0. The SMILES string of the molecule is O=S(=O)([O-])C1(F)C=CC(F)(F)C(F)(F)C1(F)F.c1ccc([S+](c2ccccc2)c2ccccc2)cc1. The molecule has 3 aromatic rings. The van der Waals surface area contributed by atoms with Crippen LogP contribution in [0.5, 0.6) is 0 Å². The van der Waals surface area contributed by atoms with Crippen LogP contribution in [0.2, 0.25) is 0 Å². The normalized spacial score (nSPS) is 21.9. The molecule has 0 saturated heterocycles. The molecule has 4 rings (SSSR count). The molecule has 1 atom stereocenters. The highest BCUT2D eigenvalue weighted by atomic mass is 32.2. The predicted octanol–water partition coefficient (Wildman–Crippen LogP) is 6.46. The van der Waals surface area contributed by atoms with Gasteiger partial charge in [0.25, 0.3) is 5.00 Å². The predicted molar refractivity (Wildman–Crippen MR) is 119 cm³/mol. The standard InChI is InChI=1S/C18H15S.C6H3F7O3S/c1-4-10-16(11-5-1)19(17-12-6-2-7-13-17)18-14-8-3-9-15-18;7-3(8)1-2-4(9,17(14,15)16)6(12,13)5(3,10)11/h1-15H;1-2H,(H,14,15,16)/q+1;/p-1. The van der Waals surface area contributed by atoms with Gasteiger partial charge in [0.1, 0.15) is 10.1 Å². The first kappa shape index (κ1) is 27.8. The van der Waals surface area contributed by atoms with E-state index >= 15 is 0 Å². The zero-order valence-corrected chi connectivity index (χ0v) is 19.6. The number of alkyl halides is 7. The summed E-state index contributed by atoms with van der Waals surface area (Å²) in [7, 11) is -6.64. The highest BCUT2D eigenvalue weighted by molar-refractivity contribution is 7.97. The van der Waals surface area contributed by atoms with Crippen molar-refractivity contribution in [3.05, 3.63) is 103 Å². The maximum atomic E-state index is 13.1. The lowest BCUT2D eigenvalue weighted by Gasteiger charge is -2.42. The number of benzene rings is 3. The van der Waals surface area contributed by atoms with E-state index in [-0.39, 0.29) is 10.9 Å². The second-order valence-corrected chi connectivity index (χ2v) is 11.0. The van der Waals surface area contributed by atoms with E-state index in [0.717, 1.165) is 0 Å². The number of hydrogen-bond acceptors (Lipinski definition) is 3. The third-order valence-electron chi connectivity index (χ3n) is 5.05. The monoisotopic (exact) mass is 550 g/mol. The minimum Gasteiger partial charge on any atom is -0.745 e. The number of rotatable bonds is 4. The Morgan fingerprint density at radius 3 is 1.19 bits per heavy atom. The summed E-state index contributed by atoms with van der Waals surface area (Å²) >= 11 is 0. The molecule has 0 radical (unpaired) electrons. The van der Waals surface area contributed by atoms with Crippen LogP contribution in [0.15, 0.2) is 118 Å². The Balaban J connectivity index is 0.000000202. The van der Waals surface area contributed by atoms with Crippen LogP contribution in [0.3, 0.4) is 0 Å². The smallest absolute Gasteiger partial charge is 0.380 e. The molecule has 0 fully saturated rings. The van der Waals surface area contributed by atoms with E-state index in [2.05, 4.69) is 91.0 Å². The van der Waals surface area contributed by atoms with E-state index in [9.17, 15) is 43.7 Å². The van der Waals surface area contributed by atoms with Gasteiger partial charge in [-0.15, -0.1) is 0 Å². The number of hydrogen-bond donors (Lipinski definition) is 0. The lowest BCUT2D eigenvalue weighted by molar-refractivity contribution is -0.318. The molecule has 12 heteroatoms. The van der Waals surface area contributed by atoms with E-state index < -0.39 is 45.0 Å². The van der Waals surface area contributed by atoms with Gasteiger partial charge in [0.05, 0.1) is 10.9 Å². The van der Waals surface area contributed by atoms with Crippen molar-refractivity contribution in [2.75, 3.05) is 0 Å². The summed E-state index contributed by atoms with van der Waals surface area (Å²) in [4.78, 5) is 4.08. The van der Waals surface area contributed by atoms with Gasteiger partial charge < -0.3 is 4.55 Å². The molecule has 3 nitrogen and oxygen atoms in total. The van der Waals surface area contributed by atoms with Crippen LogP contribution >= 0.6 is 0 Å². The van der Waals surface area contributed by atoms with Gasteiger partial charge in [-0.3, -0.25) is 0 Å². The minimum absolute atomic E-state index is 0.0146. The summed E-state index contributed by atoms with van der Waals surface area (Å²) in [5.74, 6) is -18.2. The zero-order chi connectivity index (χ0) is 26.8. The summed E-state index contributed by atoms with van der Waals surface area (Å²) < 4.78 is 119. The fourth-order valence-corrected chi connectivity index (χ4v) is 5.94. The molecule has 1 unspecified atom stereocenters. The third kappa shape index (κ3) is 4.89. The molecule has 0 saturated carbocycles. The van der Waals surface area contributed by atoms with Crippen molar-refractivity contribution in [2.45, 2.75) is 37.5 Å². The Morgan fingerprint density at radius 1 is 0.556 bits per heavy atom. The van der Waals surface area contributed by atoms with E-state index in [4.69, 9.17) is 0 Å². The zero-order valence-electron chi connectivity index (χ0n) is 18.0. The van der Waals surface area contributed by atoms with Gasteiger partial charge in [-0.2, -0.15) is 26.3 Å². The van der Waals surface area contributed by atoms with Gasteiger partial charge >= 0.3 is 17.8 Å². The maximum Gasteiger partial charge on any atom is 0.380 e. The Hall–Kier alpha value is -2.83. The van der Waals surface area contributed by atoms with Crippen LogP contribution in [-0.4, -0.2) is 35.7 Å². The molecule has 0 N–H and O–H groups in total. The second-order valence-electron chi connectivity index (χ2n) is 7.45. The molecule has 1 aliphatic carbocycles. The van der Waals surface area contributed by atoms with Crippen LogP contribution in [0.4, 0.5) is 30.7 Å². The molecule has 0 bridgehead atoms. The average molecular weight is 551 g/mol. The molecule has 0 amide bonds. The van der Waals surface area contributed by atoms with Crippen molar-refractivity contribution in [3.63, 3.8) is 0 Å². The van der Waals surface area contributed by atoms with Crippen molar-refractivity contribution >= 4 is 21.0 Å². The maximum absolute atomic E-state index is 13.1. The van der Waals surface area contributed by atoms with E-state index in [1.54, 1.807) is 0 Å². The molecular weight excluding hydrogens is 533 g/mol. The average Bonchev–Trinajstić information content (AvgIpc) is 2.83. The van der Waals surface area contributed by atoms with Crippen molar-refractivity contribution < 1.29 is 43.7 Å². The van der Waals surface area contributed by atoms with Crippen molar-refractivity contribution in [2.24, 2.45) is 0 Å². The molecule has 0 aliphatic heterocycles. The largest absolute Gasteiger partial charge is 0.745 e. The van der Waals surface area contributed by atoms with Crippen LogP contribution in [0.25, 0.3) is 0 Å². The highest BCUT2D eigenvalue weighted by Crippen LogP contribution is 2.57. The summed E-state index contributed by atoms with van der Waals surface area (Å²) in [5, 5.41) is -5.43. The van der Waals surface area contributed by atoms with Gasteiger partial charge in [0.2, 0.25) is 0 Å². The van der Waals surface area contributed by atoms with E-state index in [0.29, 0.717) is 0 Å². The van der Waals surface area contributed by atoms with Crippen molar-refractivity contribution in [3.8, 4) is 0 Å². The van der Waals surface area contributed by atoms with Crippen LogP contribution < -0.4 is 0 Å². The Bertz CT molecular complexity index is 1210. The first-order chi connectivity index (χ1) is 16.7. The van der Waals surface area contributed by atoms with E-state index in [1.165, 1.54) is 14.7 Å². The number of allylic oxidation sites excluding steroid dienone is 1. The molecule has 3 aromatic carbocycles.